The highest BCUT2D eigenvalue weighted by atomic mass is 35.6. The molecule has 1 amide bonds. The van der Waals surface area contributed by atoms with Crippen LogP contribution < -0.4 is 0 Å². The Balaban J connectivity index is 1.83. The van der Waals surface area contributed by atoms with Gasteiger partial charge in [-0.2, -0.15) is 0 Å². The van der Waals surface area contributed by atoms with Gasteiger partial charge in [0.15, 0.2) is 0 Å². The molecule has 0 aromatic heterocycles. The van der Waals surface area contributed by atoms with Crippen LogP contribution in [0, 0.1) is 0 Å². The van der Waals surface area contributed by atoms with Gasteiger partial charge in [0.05, 0.1) is 12.6 Å². The molecule has 1 aliphatic rings. The summed E-state index contributed by atoms with van der Waals surface area (Å²) in [4.78, 5) is 14.4. The van der Waals surface area contributed by atoms with Gasteiger partial charge >= 0.3 is 6.09 Å². The number of aliphatic hydroxyl groups is 1. The van der Waals surface area contributed by atoms with Gasteiger partial charge in [-0.15, -0.1) is 11.8 Å². The maximum Gasteiger partial charge on any atom is 0.409 e. The Bertz CT molecular complexity index is 498. The first-order chi connectivity index (χ1) is 10.3. The van der Waals surface area contributed by atoms with Crippen molar-refractivity contribution in [1.29, 1.82) is 0 Å². The Labute approximate surface area is 148 Å². The van der Waals surface area contributed by atoms with E-state index in [4.69, 9.17) is 39.5 Å². The number of thioether (sulfide) groups is 1. The number of likely N-dealkylation sites (tertiary alicyclic amines) is 1. The number of rotatable bonds is 3. The maximum absolute atomic E-state index is 11.9. The number of halogens is 3. The quantitative estimate of drug-likeness (QED) is 0.807. The Morgan fingerprint density at radius 1 is 1.36 bits per heavy atom. The van der Waals surface area contributed by atoms with E-state index in [1.165, 1.54) is 4.90 Å². The molecule has 122 valence electrons. The van der Waals surface area contributed by atoms with E-state index in [1.54, 1.807) is 11.8 Å². The smallest absolute Gasteiger partial charge is 0.409 e. The van der Waals surface area contributed by atoms with E-state index in [1.807, 2.05) is 30.3 Å². The summed E-state index contributed by atoms with van der Waals surface area (Å²) in [6.45, 7) is 0.398. The molecule has 0 spiro atoms. The minimum absolute atomic E-state index is 0.0413. The van der Waals surface area contributed by atoms with E-state index in [0.29, 0.717) is 13.0 Å². The number of nitrogens with zero attached hydrogens (tertiary/aromatic N) is 1. The van der Waals surface area contributed by atoms with Gasteiger partial charge in [0.2, 0.25) is 3.79 Å². The zero-order chi connectivity index (χ0) is 16.2. The highest BCUT2D eigenvalue weighted by Gasteiger charge is 2.32. The summed E-state index contributed by atoms with van der Waals surface area (Å²) < 4.78 is 3.29. The molecular formula is C14H16Cl3NO3S. The van der Waals surface area contributed by atoms with Gasteiger partial charge in [0.25, 0.3) is 0 Å². The van der Waals surface area contributed by atoms with Crippen molar-refractivity contribution in [2.75, 3.05) is 19.7 Å². The number of alkyl halides is 3. The van der Waals surface area contributed by atoms with Gasteiger partial charge in [-0.25, -0.2) is 4.79 Å². The summed E-state index contributed by atoms with van der Waals surface area (Å²) in [5, 5.41) is 10.3. The first-order valence-corrected chi connectivity index (χ1v) is 8.75. The van der Waals surface area contributed by atoms with Crippen LogP contribution in [0.5, 0.6) is 0 Å². The Morgan fingerprint density at radius 2 is 2.05 bits per heavy atom. The van der Waals surface area contributed by atoms with Crippen LogP contribution in [0.2, 0.25) is 0 Å². The van der Waals surface area contributed by atoms with Crippen molar-refractivity contribution in [3.05, 3.63) is 30.3 Å². The van der Waals surface area contributed by atoms with Crippen LogP contribution in [0.15, 0.2) is 35.2 Å². The fourth-order valence-corrected chi connectivity index (χ4v) is 3.42. The van der Waals surface area contributed by atoms with E-state index in [0.717, 1.165) is 4.90 Å². The van der Waals surface area contributed by atoms with Crippen molar-refractivity contribution in [2.45, 2.75) is 26.5 Å². The van der Waals surface area contributed by atoms with E-state index in [-0.39, 0.29) is 18.4 Å². The Kier molecular flexibility index (Phi) is 6.53. The second-order valence-electron chi connectivity index (χ2n) is 4.94. The lowest BCUT2D eigenvalue weighted by Crippen LogP contribution is -2.48. The Morgan fingerprint density at radius 3 is 2.64 bits per heavy atom. The Hall–Kier alpha value is -0.330. The molecule has 1 aromatic rings. The number of aliphatic hydroxyl groups excluding tert-OH is 1. The normalized spacial score (nSPS) is 22.5. The standard InChI is InChI=1S/C14H16Cl3NO3S/c15-14(16,17)9-21-13(20)18-7-6-12(11(19)8-18)22-10-4-2-1-3-5-10/h1-5,11-12,19H,6-9H2/t11-,12-/m1/s1. The average molecular weight is 385 g/mol. The fourth-order valence-electron chi connectivity index (χ4n) is 2.12. The fraction of sp³-hybridized carbons (Fsp3) is 0.500. The van der Waals surface area contributed by atoms with Crippen molar-refractivity contribution in [1.82, 2.24) is 4.90 Å². The van der Waals surface area contributed by atoms with Crippen LogP contribution in [0.1, 0.15) is 6.42 Å². The van der Waals surface area contributed by atoms with Crippen LogP contribution >= 0.6 is 46.6 Å². The van der Waals surface area contributed by atoms with Gasteiger partial charge in [-0.05, 0) is 18.6 Å². The molecule has 0 aliphatic carbocycles. The van der Waals surface area contributed by atoms with Gasteiger partial charge < -0.3 is 14.7 Å². The van der Waals surface area contributed by atoms with Crippen molar-refractivity contribution >= 4 is 52.7 Å². The molecule has 8 heteroatoms. The molecule has 0 unspecified atom stereocenters. The SMILES string of the molecule is O=C(OCC(Cl)(Cl)Cl)N1CC[C@@H](Sc2ccccc2)[C@H](O)C1. The second kappa shape index (κ2) is 7.97. The van der Waals surface area contributed by atoms with Crippen molar-refractivity contribution in [2.24, 2.45) is 0 Å². The molecule has 22 heavy (non-hydrogen) atoms. The number of amides is 1. The molecular weight excluding hydrogens is 369 g/mol. The molecule has 2 atom stereocenters. The molecule has 1 aliphatic heterocycles. The zero-order valence-electron chi connectivity index (χ0n) is 11.6. The number of hydrogen-bond donors (Lipinski definition) is 1. The summed E-state index contributed by atoms with van der Waals surface area (Å²) in [5.74, 6) is 0. The number of benzene rings is 1. The van der Waals surface area contributed by atoms with Gasteiger partial charge in [-0.3, -0.25) is 0 Å². The summed E-state index contributed by atoms with van der Waals surface area (Å²) >= 11 is 18.2. The molecule has 1 saturated heterocycles. The molecule has 4 nitrogen and oxygen atoms in total. The van der Waals surface area contributed by atoms with Crippen LogP contribution in [0.25, 0.3) is 0 Å². The first-order valence-electron chi connectivity index (χ1n) is 6.73. The van der Waals surface area contributed by atoms with Crippen LogP contribution in [0.4, 0.5) is 4.79 Å². The number of piperidine rings is 1. The van der Waals surface area contributed by atoms with Gasteiger partial charge in [0.1, 0.15) is 6.61 Å². The molecule has 1 aromatic carbocycles. The summed E-state index contributed by atoms with van der Waals surface area (Å²) in [6.07, 6.45) is -0.531. The molecule has 2 rings (SSSR count). The molecule has 0 radical (unpaired) electrons. The third kappa shape index (κ3) is 5.70. The lowest BCUT2D eigenvalue weighted by Gasteiger charge is -2.35. The largest absolute Gasteiger partial charge is 0.445 e. The molecule has 1 N–H and O–H groups in total. The number of β-amino-alcohol motifs (C(OH)–C–C–N with tert-alkyl or cyclic N) is 1. The highest BCUT2D eigenvalue weighted by Crippen LogP contribution is 2.31. The monoisotopic (exact) mass is 383 g/mol. The lowest BCUT2D eigenvalue weighted by molar-refractivity contribution is 0.0532. The van der Waals surface area contributed by atoms with Crippen LogP contribution in [-0.4, -0.2) is 50.9 Å². The molecule has 0 saturated carbocycles. The molecule has 1 fully saturated rings. The third-order valence-electron chi connectivity index (χ3n) is 3.17. The van der Waals surface area contributed by atoms with Crippen molar-refractivity contribution < 1.29 is 14.6 Å². The van der Waals surface area contributed by atoms with E-state index in [2.05, 4.69) is 0 Å². The van der Waals surface area contributed by atoms with Gasteiger partial charge in [0, 0.05) is 16.7 Å². The lowest BCUT2D eigenvalue weighted by atomic mass is 10.1. The van der Waals surface area contributed by atoms with Crippen molar-refractivity contribution in [3.63, 3.8) is 0 Å². The topological polar surface area (TPSA) is 49.8 Å². The summed E-state index contributed by atoms with van der Waals surface area (Å²) in [5.41, 5.74) is 0. The zero-order valence-corrected chi connectivity index (χ0v) is 14.7. The van der Waals surface area contributed by atoms with E-state index in [9.17, 15) is 9.90 Å². The number of hydrogen-bond acceptors (Lipinski definition) is 4. The third-order valence-corrected chi connectivity index (χ3v) is 4.89. The molecule has 1 heterocycles. The van der Waals surface area contributed by atoms with Gasteiger partial charge in [-0.1, -0.05) is 53.0 Å². The number of ether oxygens (including phenoxy) is 1. The minimum atomic E-state index is -1.63. The maximum atomic E-state index is 11.9. The number of carbonyl (C=O) groups is 1. The van der Waals surface area contributed by atoms with E-state index >= 15 is 0 Å². The van der Waals surface area contributed by atoms with Crippen LogP contribution in [0.3, 0.4) is 0 Å². The number of carbonyl (C=O) groups excluding carboxylic acids is 1. The second-order valence-corrected chi connectivity index (χ2v) is 8.77. The van der Waals surface area contributed by atoms with Crippen molar-refractivity contribution in [3.8, 4) is 0 Å². The first kappa shape index (κ1) is 18.0. The molecule has 0 bridgehead atoms. The predicted molar refractivity (Wildman–Crippen MR) is 89.9 cm³/mol. The van der Waals surface area contributed by atoms with Crippen LogP contribution in [-0.2, 0) is 4.74 Å². The summed E-state index contributed by atoms with van der Waals surface area (Å²) in [7, 11) is 0. The predicted octanol–water partition coefficient (Wildman–Crippen LogP) is 3.72. The average Bonchev–Trinajstić information content (AvgIpc) is 2.47. The highest BCUT2D eigenvalue weighted by molar-refractivity contribution is 8.00. The van der Waals surface area contributed by atoms with E-state index < -0.39 is 16.0 Å². The summed E-state index contributed by atoms with van der Waals surface area (Å²) in [6, 6.07) is 9.86. The minimum Gasteiger partial charge on any atom is -0.445 e.